The summed E-state index contributed by atoms with van der Waals surface area (Å²) in [7, 11) is 0. The molecule has 0 spiro atoms. The summed E-state index contributed by atoms with van der Waals surface area (Å²) in [5.41, 5.74) is 7.56. The van der Waals surface area contributed by atoms with Crippen LogP contribution in [-0.4, -0.2) is 11.0 Å². The highest BCUT2D eigenvalue weighted by Crippen LogP contribution is 2.57. The summed E-state index contributed by atoms with van der Waals surface area (Å²) >= 11 is 1.82. The van der Waals surface area contributed by atoms with Gasteiger partial charge >= 0.3 is 0 Å². The Labute approximate surface area is 88.5 Å². The molecule has 3 heteroatoms. The molecule has 3 rings (SSSR count). The summed E-state index contributed by atoms with van der Waals surface area (Å²) in [6.45, 7) is 4.47. The van der Waals surface area contributed by atoms with E-state index in [-0.39, 0.29) is 5.41 Å². The molecule has 2 aliphatic rings. The van der Waals surface area contributed by atoms with Crippen molar-refractivity contribution < 1.29 is 0 Å². The van der Waals surface area contributed by atoms with Gasteiger partial charge in [0.05, 0.1) is 10.7 Å². The molecule has 0 bridgehead atoms. The number of nitrogens with two attached hydrogens (primary N) is 1. The van der Waals surface area contributed by atoms with E-state index in [2.05, 4.69) is 19.2 Å². The fourth-order valence-electron chi connectivity index (χ4n) is 2.20. The predicted octanol–water partition coefficient (Wildman–Crippen LogP) is 2.47. The second kappa shape index (κ2) is 2.58. The molecule has 1 heterocycles. The number of nitrogens with zero attached hydrogens (tertiary/aromatic N) is 1. The third-order valence-electron chi connectivity index (χ3n) is 3.70. The molecule has 1 aromatic rings. The molecule has 1 aromatic heterocycles. The van der Waals surface area contributed by atoms with Crippen molar-refractivity contribution in [3.63, 3.8) is 0 Å². The normalized spacial score (nSPS) is 34.5. The van der Waals surface area contributed by atoms with Crippen molar-refractivity contribution >= 4 is 11.3 Å². The van der Waals surface area contributed by atoms with Gasteiger partial charge in [-0.25, -0.2) is 4.98 Å². The lowest BCUT2D eigenvalue weighted by Gasteiger charge is -1.97. The topological polar surface area (TPSA) is 38.9 Å². The summed E-state index contributed by atoms with van der Waals surface area (Å²) in [6.07, 6.45) is 2.68. The molecular formula is C11H16N2S. The third kappa shape index (κ3) is 1.15. The minimum absolute atomic E-state index is 0.273. The zero-order chi connectivity index (χ0) is 9.92. The van der Waals surface area contributed by atoms with Gasteiger partial charge in [0.25, 0.3) is 0 Å². The minimum Gasteiger partial charge on any atom is -0.327 e. The molecule has 14 heavy (non-hydrogen) atoms. The Balaban J connectivity index is 1.84. The van der Waals surface area contributed by atoms with E-state index in [1.54, 1.807) is 0 Å². The van der Waals surface area contributed by atoms with Gasteiger partial charge in [-0.3, -0.25) is 0 Å². The van der Waals surface area contributed by atoms with Gasteiger partial charge in [0.2, 0.25) is 0 Å². The Bertz CT molecular complexity index is 365. The van der Waals surface area contributed by atoms with Crippen molar-refractivity contribution in [2.75, 3.05) is 0 Å². The molecule has 0 radical (unpaired) electrons. The molecule has 0 aliphatic heterocycles. The average molecular weight is 208 g/mol. The molecular weight excluding hydrogens is 192 g/mol. The van der Waals surface area contributed by atoms with Crippen LogP contribution >= 0.6 is 11.3 Å². The van der Waals surface area contributed by atoms with Gasteiger partial charge in [-0.1, -0.05) is 13.8 Å². The summed E-state index contributed by atoms with van der Waals surface area (Å²) in [5.74, 6) is 1.29. The van der Waals surface area contributed by atoms with Gasteiger partial charge < -0.3 is 5.73 Å². The van der Waals surface area contributed by atoms with Crippen molar-refractivity contribution in [3.8, 4) is 0 Å². The smallest absolute Gasteiger partial charge is 0.0959 e. The lowest BCUT2D eigenvalue weighted by Crippen LogP contribution is -2.06. The van der Waals surface area contributed by atoms with Crippen LogP contribution in [0.15, 0.2) is 5.38 Å². The molecule has 0 amide bonds. The monoisotopic (exact) mass is 208 g/mol. The third-order valence-corrected chi connectivity index (χ3v) is 4.72. The van der Waals surface area contributed by atoms with Gasteiger partial charge in [-0.2, -0.15) is 0 Å². The number of hydrogen-bond donors (Lipinski definition) is 1. The zero-order valence-electron chi connectivity index (χ0n) is 8.66. The van der Waals surface area contributed by atoms with E-state index in [0.29, 0.717) is 12.0 Å². The fourth-order valence-corrected chi connectivity index (χ4v) is 3.23. The van der Waals surface area contributed by atoms with Crippen LogP contribution in [-0.2, 0) is 0 Å². The first-order chi connectivity index (χ1) is 6.60. The van der Waals surface area contributed by atoms with E-state index in [9.17, 15) is 0 Å². The average Bonchev–Trinajstić information content (AvgIpc) is 2.98. The Morgan fingerprint density at radius 2 is 2.14 bits per heavy atom. The van der Waals surface area contributed by atoms with Gasteiger partial charge in [0.1, 0.15) is 0 Å². The van der Waals surface area contributed by atoms with Crippen LogP contribution in [0.1, 0.15) is 49.2 Å². The maximum absolute atomic E-state index is 6.04. The van der Waals surface area contributed by atoms with Crippen LogP contribution in [0.4, 0.5) is 0 Å². The van der Waals surface area contributed by atoms with Crippen molar-refractivity contribution in [1.82, 2.24) is 4.98 Å². The summed E-state index contributed by atoms with van der Waals surface area (Å²) < 4.78 is 0. The largest absolute Gasteiger partial charge is 0.327 e. The second-order valence-corrected chi connectivity index (χ2v) is 6.10. The fraction of sp³-hybridized carbons (Fsp3) is 0.727. The van der Waals surface area contributed by atoms with Crippen molar-refractivity contribution in [2.45, 2.75) is 44.6 Å². The van der Waals surface area contributed by atoms with E-state index in [0.717, 1.165) is 5.92 Å². The second-order valence-electron chi connectivity index (χ2n) is 5.21. The van der Waals surface area contributed by atoms with Crippen LogP contribution in [0.25, 0.3) is 0 Å². The van der Waals surface area contributed by atoms with Gasteiger partial charge in [-0.05, 0) is 18.3 Å². The quantitative estimate of drug-likeness (QED) is 0.811. The molecule has 2 fully saturated rings. The van der Waals surface area contributed by atoms with Crippen molar-refractivity contribution in [2.24, 2.45) is 11.1 Å². The Kier molecular flexibility index (Phi) is 1.63. The minimum atomic E-state index is 0.273. The molecule has 2 nitrogen and oxygen atoms in total. The lowest BCUT2D eigenvalue weighted by atomic mass is 10.1. The first-order valence-corrected chi connectivity index (χ1v) is 6.19. The molecule has 76 valence electrons. The van der Waals surface area contributed by atoms with E-state index in [1.807, 2.05) is 11.3 Å². The Morgan fingerprint density at radius 3 is 2.64 bits per heavy atom. The highest BCUT2D eigenvalue weighted by Gasteiger charge is 2.57. The predicted molar refractivity (Wildman–Crippen MR) is 58.6 cm³/mol. The summed E-state index contributed by atoms with van der Waals surface area (Å²) in [5, 5.41) is 3.56. The highest BCUT2D eigenvalue weighted by atomic mass is 32.1. The van der Waals surface area contributed by atoms with Gasteiger partial charge in [-0.15, -0.1) is 11.3 Å². The molecule has 2 unspecified atom stereocenters. The zero-order valence-corrected chi connectivity index (χ0v) is 9.47. The molecule has 0 saturated heterocycles. The maximum atomic E-state index is 6.04. The Hall–Kier alpha value is -0.410. The van der Waals surface area contributed by atoms with Crippen LogP contribution in [0, 0.1) is 5.41 Å². The molecule has 2 saturated carbocycles. The number of rotatable bonds is 2. The summed E-state index contributed by atoms with van der Waals surface area (Å²) in [4.78, 5) is 4.72. The molecule has 2 N–H and O–H groups in total. The van der Waals surface area contributed by atoms with E-state index in [1.165, 1.54) is 23.5 Å². The van der Waals surface area contributed by atoms with Crippen LogP contribution in [0.5, 0.6) is 0 Å². The van der Waals surface area contributed by atoms with E-state index < -0.39 is 0 Å². The molecule has 2 aliphatic carbocycles. The first-order valence-electron chi connectivity index (χ1n) is 5.31. The van der Waals surface area contributed by atoms with E-state index >= 15 is 0 Å². The standard InChI is InChI=1S/C11H16N2S/c1-11(2)8(9(11)12)7-5-14-10(13-7)6-3-4-6/h5-6,8-9H,3-4,12H2,1-2H3. The van der Waals surface area contributed by atoms with E-state index in [4.69, 9.17) is 10.7 Å². The highest BCUT2D eigenvalue weighted by molar-refractivity contribution is 7.09. The van der Waals surface area contributed by atoms with Crippen molar-refractivity contribution in [3.05, 3.63) is 16.1 Å². The number of thiazole rings is 1. The van der Waals surface area contributed by atoms with Crippen LogP contribution < -0.4 is 5.73 Å². The van der Waals surface area contributed by atoms with Crippen molar-refractivity contribution in [1.29, 1.82) is 0 Å². The maximum Gasteiger partial charge on any atom is 0.0959 e. The first kappa shape index (κ1) is 8.86. The van der Waals surface area contributed by atoms with Gasteiger partial charge in [0, 0.05) is 23.3 Å². The SMILES string of the molecule is CC1(C)C(N)C1c1csc(C2CC2)n1. The van der Waals surface area contributed by atoms with Crippen LogP contribution in [0.2, 0.25) is 0 Å². The van der Waals surface area contributed by atoms with Crippen LogP contribution in [0.3, 0.4) is 0 Å². The number of aromatic nitrogens is 1. The molecule has 0 aromatic carbocycles. The van der Waals surface area contributed by atoms with Gasteiger partial charge in [0.15, 0.2) is 0 Å². The number of hydrogen-bond acceptors (Lipinski definition) is 3. The summed E-state index contributed by atoms with van der Waals surface area (Å²) in [6, 6.07) is 0.316. The lowest BCUT2D eigenvalue weighted by molar-refractivity contribution is 0.596. The Morgan fingerprint density at radius 1 is 1.50 bits per heavy atom. The molecule has 2 atom stereocenters.